The zero-order chi connectivity index (χ0) is 14.9. The second kappa shape index (κ2) is 5.12. The van der Waals surface area contributed by atoms with Crippen LogP contribution in [0.4, 0.5) is 0 Å². The maximum atomic E-state index is 11.9. The second-order valence-electron chi connectivity index (χ2n) is 5.83. The van der Waals surface area contributed by atoms with Crippen LogP contribution >= 0.6 is 0 Å². The number of hydrogen-bond acceptors (Lipinski definition) is 4. The number of carbonyl (C=O) groups excluding carboxylic acids is 1. The molecule has 1 aromatic rings. The molecule has 0 fully saturated rings. The van der Waals surface area contributed by atoms with Crippen LogP contribution in [0.15, 0.2) is 28.9 Å². The minimum Gasteiger partial charge on any atom is -0.496 e. The maximum Gasteiger partial charge on any atom is 0.363 e. The van der Waals surface area contributed by atoms with Crippen molar-refractivity contribution in [2.75, 3.05) is 7.11 Å². The van der Waals surface area contributed by atoms with Crippen molar-refractivity contribution in [3.63, 3.8) is 0 Å². The third-order valence-electron chi connectivity index (χ3n) is 2.94. The number of cyclic esters (lactones) is 1. The van der Waals surface area contributed by atoms with E-state index in [0.29, 0.717) is 17.3 Å². The van der Waals surface area contributed by atoms with E-state index in [-0.39, 0.29) is 5.41 Å². The monoisotopic (exact) mass is 273 g/mol. The van der Waals surface area contributed by atoms with Gasteiger partial charge in [-0.15, -0.1) is 0 Å². The van der Waals surface area contributed by atoms with Crippen molar-refractivity contribution in [2.24, 2.45) is 10.4 Å². The number of benzene rings is 1. The summed E-state index contributed by atoms with van der Waals surface area (Å²) in [5.74, 6) is 0.731. The Morgan fingerprint density at radius 3 is 2.55 bits per heavy atom. The molecule has 1 aliphatic heterocycles. The molecule has 20 heavy (non-hydrogen) atoms. The van der Waals surface area contributed by atoms with E-state index in [1.165, 1.54) is 0 Å². The largest absolute Gasteiger partial charge is 0.496 e. The number of ether oxygens (including phenoxy) is 2. The van der Waals surface area contributed by atoms with Crippen LogP contribution in [0.2, 0.25) is 0 Å². The van der Waals surface area contributed by atoms with Crippen LogP contribution < -0.4 is 4.74 Å². The number of nitrogens with zero attached hydrogens (tertiary/aromatic N) is 1. The molecule has 0 saturated carbocycles. The van der Waals surface area contributed by atoms with Gasteiger partial charge in [0.1, 0.15) is 5.75 Å². The lowest BCUT2D eigenvalue weighted by atomic mass is 9.97. The second-order valence-corrected chi connectivity index (χ2v) is 5.83. The summed E-state index contributed by atoms with van der Waals surface area (Å²) in [7, 11) is 1.60. The van der Waals surface area contributed by atoms with E-state index >= 15 is 0 Å². The molecule has 0 aromatic heterocycles. The molecule has 1 aliphatic rings. The summed E-state index contributed by atoms with van der Waals surface area (Å²) in [6, 6.07) is 5.78. The molecule has 0 atom stereocenters. The molecular weight excluding hydrogens is 254 g/mol. The smallest absolute Gasteiger partial charge is 0.363 e. The van der Waals surface area contributed by atoms with Crippen LogP contribution in [0.25, 0.3) is 6.08 Å². The predicted octanol–water partition coefficient (Wildman–Crippen LogP) is 3.35. The van der Waals surface area contributed by atoms with E-state index in [4.69, 9.17) is 9.47 Å². The third kappa shape index (κ3) is 2.90. The van der Waals surface area contributed by atoms with Gasteiger partial charge in [0.05, 0.1) is 7.11 Å². The Labute approximate surface area is 119 Å². The van der Waals surface area contributed by atoms with Gasteiger partial charge in [0.15, 0.2) is 5.70 Å². The number of aryl methyl sites for hydroxylation is 1. The fourth-order valence-electron chi connectivity index (χ4n) is 1.84. The van der Waals surface area contributed by atoms with Gasteiger partial charge in [-0.2, -0.15) is 0 Å². The summed E-state index contributed by atoms with van der Waals surface area (Å²) in [5, 5.41) is 0. The quantitative estimate of drug-likeness (QED) is 0.613. The average molecular weight is 273 g/mol. The van der Waals surface area contributed by atoms with Crippen LogP contribution in [0.1, 0.15) is 31.9 Å². The molecule has 0 amide bonds. The molecule has 0 N–H and O–H groups in total. The first kappa shape index (κ1) is 14.3. The van der Waals surface area contributed by atoms with Crippen molar-refractivity contribution < 1.29 is 14.3 Å². The SMILES string of the molecule is COc1ccc(C)cc1/C=C1/N=C(C(C)(C)C)OC1=O. The van der Waals surface area contributed by atoms with Gasteiger partial charge in [0, 0.05) is 11.0 Å². The summed E-state index contributed by atoms with van der Waals surface area (Å²) in [6.07, 6.45) is 1.70. The lowest BCUT2D eigenvalue weighted by Crippen LogP contribution is -2.21. The molecule has 0 radical (unpaired) electrons. The highest BCUT2D eigenvalue weighted by molar-refractivity contribution is 6.08. The fourth-order valence-corrected chi connectivity index (χ4v) is 1.84. The number of methoxy groups -OCH3 is 1. The molecule has 0 saturated heterocycles. The first-order valence-corrected chi connectivity index (χ1v) is 6.49. The molecule has 0 aliphatic carbocycles. The zero-order valence-corrected chi connectivity index (χ0v) is 12.5. The Morgan fingerprint density at radius 2 is 2.00 bits per heavy atom. The van der Waals surface area contributed by atoms with Gasteiger partial charge in [0.25, 0.3) is 0 Å². The van der Waals surface area contributed by atoms with Crippen LogP contribution in [0.5, 0.6) is 5.75 Å². The summed E-state index contributed by atoms with van der Waals surface area (Å²) in [6.45, 7) is 7.85. The van der Waals surface area contributed by atoms with E-state index in [2.05, 4.69) is 4.99 Å². The highest BCUT2D eigenvalue weighted by atomic mass is 16.6. The highest BCUT2D eigenvalue weighted by Gasteiger charge is 2.31. The molecule has 1 heterocycles. The normalized spacial score (nSPS) is 17.1. The van der Waals surface area contributed by atoms with Crippen LogP contribution in [0, 0.1) is 12.3 Å². The van der Waals surface area contributed by atoms with Gasteiger partial charge in [-0.25, -0.2) is 9.79 Å². The Bertz CT molecular complexity index is 607. The fraction of sp³-hybridized carbons (Fsp3) is 0.375. The first-order chi connectivity index (χ1) is 9.31. The minimum atomic E-state index is -0.418. The average Bonchev–Trinajstić information content (AvgIpc) is 2.71. The first-order valence-electron chi connectivity index (χ1n) is 6.49. The van der Waals surface area contributed by atoms with Crippen molar-refractivity contribution in [1.29, 1.82) is 0 Å². The van der Waals surface area contributed by atoms with E-state index in [1.54, 1.807) is 13.2 Å². The predicted molar refractivity (Wildman–Crippen MR) is 78.7 cm³/mol. The number of carbonyl (C=O) groups is 1. The van der Waals surface area contributed by atoms with Crippen molar-refractivity contribution in [3.8, 4) is 5.75 Å². The third-order valence-corrected chi connectivity index (χ3v) is 2.94. The topological polar surface area (TPSA) is 47.9 Å². The zero-order valence-electron chi connectivity index (χ0n) is 12.5. The van der Waals surface area contributed by atoms with Gasteiger partial charge in [-0.3, -0.25) is 0 Å². The molecule has 0 spiro atoms. The summed E-state index contributed by atoms with van der Waals surface area (Å²) in [5.41, 5.74) is 1.92. The van der Waals surface area contributed by atoms with E-state index in [1.807, 2.05) is 45.9 Å². The van der Waals surface area contributed by atoms with Gasteiger partial charge >= 0.3 is 5.97 Å². The van der Waals surface area contributed by atoms with Crippen molar-refractivity contribution in [1.82, 2.24) is 0 Å². The Kier molecular flexibility index (Phi) is 3.66. The molecule has 0 bridgehead atoms. The summed E-state index contributed by atoms with van der Waals surface area (Å²) < 4.78 is 10.5. The number of rotatable bonds is 2. The van der Waals surface area contributed by atoms with Gasteiger partial charge in [-0.05, 0) is 25.1 Å². The van der Waals surface area contributed by atoms with Gasteiger partial charge < -0.3 is 9.47 Å². The Balaban J connectivity index is 2.43. The molecule has 4 heteroatoms. The van der Waals surface area contributed by atoms with Gasteiger partial charge in [0.2, 0.25) is 5.90 Å². The number of esters is 1. The van der Waals surface area contributed by atoms with E-state index in [9.17, 15) is 4.79 Å². The highest BCUT2D eigenvalue weighted by Crippen LogP contribution is 2.28. The standard InChI is InChI=1S/C16H19NO3/c1-10-6-7-13(19-5)11(8-10)9-12-14(18)20-15(17-12)16(2,3)4/h6-9H,1-5H3/b12-9+. The van der Waals surface area contributed by atoms with E-state index < -0.39 is 5.97 Å². The van der Waals surface area contributed by atoms with Gasteiger partial charge in [-0.1, -0.05) is 32.4 Å². The molecule has 1 aromatic carbocycles. The minimum absolute atomic E-state index is 0.290. The summed E-state index contributed by atoms with van der Waals surface area (Å²) in [4.78, 5) is 16.2. The molecule has 0 unspecified atom stereocenters. The van der Waals surface area contributed by atoms with Crippen molar-refractivity contribution in [3.05, 3.63) is 35.0 Å². The molecule has 2 rings (SSSR count). The van der Waals surface area contributed by atoms with Crippen molar-refractivity contribution in [2.45, 2.75) is 27.7 Å². The molecule has 106 valence electrons. The van der Waals surface area contributed by atoms with E-state index in [0.717, 1.165) is 11.1 Å². The van der Waals surface area contributed by atoms with Crippen LogP contribution in [0.3, 0.4) is 0 Å². The lowest BCUT2D eigenvalue weighted by Gasteiger charge is -2.15. The lowest BCUT2D eigenvalue weighted by molar-refractivity contribution is -0.130. The van der Waals surface area contributed by atoms with Crippen molar-refractivity contribution >= 4 is 17.9 Å². The number of hydrogen-bond donors (Lipinski definition) is 0. The summed E-state index contributed by atoms with van der Waals surface area (Å²) >= 11 is 0. The van der Waals surface area contributed by atoms with Crippen LogP contribution in [-0.2, 0) is 9.53 Å². The molecular formula is C16H19NO3. The Morgan fingerprint density at radius 1 is 1.30 bits per heavy atom. The number of aliphatic imine (C=N–C) groups is 1. The molecule has 4 nitrogen and oxygen atoms in total. The maximum absolute atomic E-state index is 11.9. The Hall–Kier alpha value is -2.10. The van der Waals surface area contributed by atoms with Crippen LogP contribution in [-0.4, -0.2) is 19.0 Å².